The minimum absolute atomic E-state index is 0.0314. The van der Waals surface area contributed by atoms with Crippen LogP contribution in [0.5, 0.6) is 11.6 Å². The molecular weight excluding hydrogens is 346 g/mol. The number of thiazole rings is 1. The number of alkyl halides is 1. The van der Waals surface area contributed by atoms with E-state index in [9.17, 15) is 10.1 Å². The predicted octanol–water partition coefficient (Wildman–Crippen LogP) is 3.99. The number of hydrogen-bond donors (Lipinski definition) is 0. The summed E-state index contributed by atoms with van der Waals surface area (Å²) in [4.78, 5) is 15.4. The summed E-state index contributed by atoms with van der Waals surface area (Å²) in [5, 5.41) is 13.2. The predicted molar refractivity (Wildman–Crippen MR) is 78.9 cm³/mol. The van der Waals surface area contributed by atoms with E-state index in [0.717, 1.165) is 10.7 Å². The van der Waals surface area contributed by atoms with Gasteiger partial charge in [-0.1, -0.05) is 15.9 Å². The molecule has 0 N–H and O–H groups in total. The fraction of sp³-hybridized carbons (Fsp3) is 0.0833. The third-order valence-electron chi connectivity index (χ3n) is 2.71. The Bertz CT molecular complexity index is 766. The summed E-state index contributed by atoms with van der Waals surface area (Å²) in [6.07, 6.45) is 1.92. The highest BCUT2D eigenvalue weighted by molar-refractivity contribution is 9.08. The van der Waals surface area contributed by atoms with E-state index in [4.69, 9.17) is 4.74 Å². The summed E-state index contributed by atoms with van der Waals surface area (Å²) >= 11 is 4.93. The fourth-order valence-corrected chi connectivity index (χ4v) is 3.00. The molecule has 2 aromatic heterocycles. The van der Waals surface area contributed by atoms with E-state index in [1.807, 2.05) is 16.0 Å². The van der Waals surface area contributed by atoms with Crippen LogP contribution in [0.4, 0.5) is 5.69 Å². The average Bonchev–Trinajstić information content (AvgIpc) is 2.99. The van der Waals surface area contributed by atoms with Gasteiger partial charge in [-0.3, -0.25) is 14.5 Å². The molecule has 0 saturated heterocycles. The number of hydrogen-bond acceptors (Lipinski definition) is 5. The van der Waals surface area contributed by atoms with Crippen molar-refractivity contribution in [2.75, 3.05) is 0 Å². The maximum Gasteiger partial charge on any atom is 0.269 e. The number of ether oxygens (including phenoxy) is 1. The van der Waals surface area contributed by atoms with Gasteiger partial charge in [0.1, 0.15) is 5.75 Å². The lowest BCUT2D eigenvalue weighted by Crippen LogP contribution is -1.92. The molecule has 0 aliphatic carbocycles. The minimum Gasteiger partial charge on any atom is -0.437 e. The van der Waals surface area contributed by atoms with Gasteiger partial charge in [0.05, 0.1) is 10.6 Å². The SMILES string of the molecule is O=[N+]([O-])c1ccc(Oc2nc3sccn3c2CBr)cc1. The molecule has 0 saturated carbocycles. The van der Waals surface area contributed by atoms with Crippen LogP contribution in [0.15, 0.2) is 35.8 Å². The van der Waals surface area contributed by atoms with Gasteiger partial charge in [0.15, 0.2) is 4.96 Å². The second-order valence-corrected chi connectivity index (χ2v) is 5.34. The highest BCUT2D eigenvalue weighted by atomic mass is 79.9. The first-order valence-electron chi connectivity index (χ1n) is 5.61. The maximum absolute atomic E-state index is 10.6. The minimum atomic E-state index is -0.444. The van der Waals surface area contributed by atoms with Crippen molar-refractivity contribution in [3.8, 4) is 11.6 Å². The van der Waals surface area contributed by atoms with Crippen LogP contribution in [0.2, 0.25) is 0 Å². The van der Waals surface area contributed by atoms with Crippen LogP contribution in [-0.4, -0.2) is 14.3 Å². The van der Waals surface area contributed by atoms with Gasteiger partial charge in [-0.05, 0) is 12.1 Å². The number of halogens is 1. The molecule has 0 spiro atoms. The first kappa shape index (κ1) is 13.1. The lowest BCUT2D eigenvalue weighted by molar-refractivity contribution is -0.384. The second kappa shape index (κ2) is 5.22. The Balaban J connectivity index is 1.92. The van der Waals surface area contributed by atoms with Crippen molar-refractivity contribution >= 4 is 37.9 Å². The van der Waals surface area contributed by atoms with E-state index in [2.05, 4.69) is 20.9 Å². The van der Waals surface area contributed by atoms with Gasteiger partial charge in [0, 0.05) is 29.0 Å². The van der Waals surface area contributed by atoms with Crippen molar-refractivity contribution in [3.63, 3.8) is 0 Å². The first-order valence-corrected chi connectivity index (χ1v) is 7.62. The Morgan fingerprint density at radius 1 is 1.40 bits per heavy atom. The molecular formula is C12H8BrN3O3S. The number of non-ortho nitro benzene ring substituents is 1. The highest BCUT2D eigenvalue weighted by Crippen LogP contribution is 2.30. The molecule has 0 aliphatic heterocycles. The number of aromatic nitrogens is 2. The van der Waals surface area contributed by atoms with Crippen LogP contribution in [0.1, 0.15) is 5.69 Å². The highest BCUT2D eigenvalue weighted by Gasteiger charge is 2.14. The third-order valence-corrected chi connectivity index (χ3v) is 4.00. The lowest BCUT2D eigenvalue weighted by atomic mass is 10.3. The van der Waals surface area contributed by atoms with E-state index in [1.165, 1.54) is 23.5 Å². The Morgan fingerprint density at radius 3 is 2.80 bits per heavy atom. The number of nitro benzene ring substituents is 1. The smallest absolute Gasteiger partial charge is 0.269 e. The summed E-state index contributed by atoms with van der Waals surface area (Å²) in [6, 6.07) is 5.93. The number of fused-ring (bicyclic) bond motifs is 1. The number of benzene rings is 1. The molecule has 0 aliphatic rings. The zero-order valence-electron chi connectivity index (χ0n) is 10.0. The molecule has 0 bridgehead atoms. The third kappa shape index (κ3) is 2.27. The summed E-state index contributed by atoms with van der Waals surface area (Å²) in [5.74, 6) is 1.02. The molecule has 20 heavy (non-hydrogen) atoms. The number of rotatable bonds is 4. The van der Waals surface area contributed by atoms with E-state index < -0.39 is 4.92 Å². The van der Waals surface area contributed by atoms with E-state index in [-0.39, 0.29) is 5.69 Å². The molecule has 0 fully saturated rings. The van der Waals surface area contributed by atoms with E-state index >= 15 is 0 Å². The van der Waals surface area contributed by atoms with Crippen LogP contribution in [-0.2, 0) is 5.33 Å². The van der Waals surface area contributed by atoms with Crippen molar-refractivity contribution in [2.24, 2.45) is 0 Å². The molecule has 1 aromatic carbocycles. The Labute approximate surface area is 125 Å². The molecule has 102 valence electrons. The Morgan fingerprint density at radius 2 is 2.15 bits per heavy atom. The van der Waals surface area contributed by atoms with E-state index in [0.29, 0.717) is 17.0 Å². The van der Waals surface area contributed by atoms with Gasteiger partial charge in [0.25, 0.3) is 5.69 Å². The van der Waals surface area contributed by atoms with Gasteiger partial charge in [0.2, 0.25) is 5.88 Å². The van der Waals surface area contributed by atoms with Crippen molar-refractivity contribution in [1.29, 1.82) is 0 Å². The van der Waals surface area contributed by atoms with Gasteiger partial charge in [-0.2, -0.15) is 4.98 Å². The molecule has 3 rings (SSSR count). The van der Waals surface area contributed by atoms with Crippen LogP contribution >= 0.6 is 27.3 Å². The fourth-order valence-electron chi connectivity index (χ4n) is 1.76. The normalized spacial score (nSPS) is 10.8. The van der Waals surface area contributed by atoms with Crippen molar-refractivity contribution in [3.05, 3.63) is 51.7 Å². The van der Waals surface area contributed by atoms with Crippen LogP contribution < -0.4 is 4.74 Å². The van der Waals surface area contributed by atoms with Gasteiger partial charge in [-0.15, -0.1) is 11.3 Å². The standard InChI is InChI=1S/C12H8BrN3O3S/c13-7-10-11(14-12-15(10)5-6-20-12)19-9-3-1-8(2-4-9)16(17)18/h1-6H,7H2. The Kier molecular flexibility index (Phi) is 3.41. The van der Waals surface area contributed by atoms with Crippen LogP contribution in [0, 0.1) is 10.1 Å². The van der Waals surface area contributed by atoms with Crippen molar-refractivity contribution in [2.45, 2.75) is 5.33 Å². The van der Waals surface area contributed by atoms with Crippen molar-refractivity contribution < 1.29 is 9.66 Å². The summed E-state index contributed by atoms with van der Waals surface area (Å²) in [5.41, 5.74) is 0.934. The maximum atomic E-state index is 10.6. The average molecular weight is 354 g/mol. The van der Waals surface area contributed by atoms with Gasteiger partial charge in [-0.25, -0.2) is 0 Å². The number of imidazole rings is 1. The monoisotopic (exact) mass is 353 g/mol. The Hall–Kier alpha value is -1.93. The van der Waals surface area contributed by atoms with Crippen LogP contribution in [0.3, 0.4) is 0 Å². The lowest BCUT2D eigenvalue weighted by Gasteiger charge is -2.03. The number of nitrogens with zero attached hydrogens (tertiary/aromatic N) is 3. The molecule has 2 heterocycles. The molecule has 8 heteroatoms. The quantitative estimate of drug-likeness (QED) is 0.404. The topological polar surface area (TPSA) is 69.7 Å². The zero-order valence-corrected chi connectivity index (χ0v) is 12.4. The molecule has 0 atom stereocenters. The molecule has 0 amide bonds. The summed E-state index contributed by atoms with van der Waals surface area (Å²) < 4.78 is 7.65. The first-order chi connectivity index (χ1) is 9.69. The zero-order chi connectivity index (χ0) is 14.1. The van der Waals surface area contributed by atoms with E-state index in [1.54, 1.807) is 12.1 Å². The van der Waals surface area contributed by atoms with Gasteiger partial charge >= 0.3 is 0 Å². The summed E-state index contributed by atoms with van der Waals surface area (Å²) in [7, 11) is 0. The summed E-state index contributed by atoms with van der Waals surface area (Å²) in [6.45, 7) is 0. The largest absolute Gasteiger partial charge is 0.437 e. The molecule has 3 aromatic rings. The molecule has 6 nitrogen and oxygen atoms in total. The molecule has 0 unspecified atom stereocenters. The van der Waals surface area contributed by atoms with Crippen molar-refractivity contribution in [1.82, 2.24) is 9.38 Å². The second-order valence-electron chi connectivity index (χ2n) is 3.91. The molecule has 0 radical (unpaired) electrons. The number of nitro groups is 1. The van der Waals surface area contributed by atoms with Gasteiger partial charge < -0.3 is 4.74 Å². The van der Waals surface area contributed by atoms with Crippen LogP contribution in [0.25, 0.3) is 4.96 Å².